The molecule has 1 N–H and O–H groups in total. The van der Waals surface area contributed by atoms with Gasteiger partial charge in [-0.05, 0) is 101 Å². The highest BCUT2D eigenvalue weighted by Crippen LogP contribution is 2.30. The number of likely N-dealkylation sites (tertiary alicyclic amines) is 1. The molecule has 2 aromatic rings. The lowest BCUT2D eigenvalue weighted by Gasteiger charge is -2.32. The third-order valence-electron chi connectivity index (χ3n) is 5.48. The summed E-state index contributed by atoms with van der Waals surface area (Å²) < 4.78 is 12.3. The Kier molecular flexibility index (Phi) is 7.68. The van der Waals surface area contributed by atoms with Gasteiger partial charge in [0.1, 0.15) is 5.60 Å². The van der Waals surface area contributed by atoms with Gasteiger partial charge in [-0.25, -0.2) is 9.59 Å². The van der Waals surface area contributed by atoms with E-state index in [1.54, 1.807) is 27.7 Å². The molecule has 0 bridgehead atoms. The van der Waals surface area contributed by atoms with Crippen molar-refractivity contribution in [2.75, 3.05) is 25.0 Å². The van der Waals surface area contributed by atoms with Gasteiger partial charge in [-0.15, -0.1) is 5.10 Å². The Morgan fingerprint density at radius 2 is 1.79 bits per heavy atom. The number of anilines is 1. The molecule has 1 aromatic carbocycles. The van der Waals surface area contributed by atoms with E-state index in [4.69, 9.17) is 9.47 Å². The predicted octanol–water partition coefficient (Wildman–Crippen LogP) is 3.72. The van der Waals surface area contributed by atoms with E-state index < -0.39 is 17.7 Å². The highest BCUT2D eigenvalue weighted by molar-refractivity contribution is 5.88. The van der Waals surface area contributed by atoms with Crippen LogP contribution in [0.3, 0.4) is 0 Å². The Labute approximate surface area is 194 Å². The van der Waals surface area contributed by atoms with E-state index in [0.29, 0.717) is 17.2 Å². The molecule has 1 aliphatic rings. The van der Waals surface area contributed by atoms with Crippen LogP contribution in [0.15, 0.2) is 12.1 Å². The van der Waals surface area contributed by atoms with Gasteiger partial charge in [-0.2, -0.15) is 4.68 Å². The lowest BCUT2D eigenvalue weighted by molar-refractivity contribution is -0.150. The SMILES string of the molecule is CCOC(=O)C(c1nnnn1-c1cc(C)c(C)cc1NC(=O)OC(C)(C)C)N1CCCCC1. The molecule has 1 fully saturated rings. The number of amides is 1. The molecule has 1 aromatic heterocycles. The van der Waals surface area contributed by atoms with Gasteiger partial charge in [0.25, 0.3) is 0 Å². The Morgan fingerprint density at radius 3 is 2.42 bits per heavy atom. The van der Waals surface area contributed by atoms with E-state index >= 15 is 0 Å². The highest BCUT2D eigenvalue weighted by Gasteiger charge is 2.35. The normalized spacial score (nSPS) is 15.7. The lowest BCUT2D eigenvalue weighted by atomic mass is 10.1. The van der Waals surface area contributed by atoms with Crippen molar-refractivity contribution >= 4 is 17.7 Å². The standard InChI is InChI=1S/C23H34N6O4/c1-7-32-21(30)19(28-11-9-8-10-12-28)20-25-26-27-29(20)18-14-16(3)15(2)13-17(18)24-22(31)33-23(4,5)6/h13-14,19H,7-12H2,1-6H3,(H,24,31). The molecule has 0 spiro atoms. The number of aryl methyl sites for hydroxylation is 2. The molecule has 0 radical (unpaired) electrons. The van der Waals surface area contributed by atoms with Crippen molar-refractivity contribution in [3.8, 4) is 5.69 Å². The number of aromatic nitrogens is 4. The molecular weight excluding hydrogens is 424 g/mol. The lowest BCUT2D eigenvalue weighted by Crippen LogP contribution is -2.40. The summed E-state index contributed by atoms with van der Waals surface area (Å²) >= 11 is 0. The van der Waals surface area contributed by atoms with Gasteiger partial charge in [-0.1, -0.05) is 6.42 Å². The number of tetrazole rings is 1. The predicted molar refractivity (Wildman–Crippen MR) is 123 cm³/mol. The van der Waals surface area contributed by atoms with Crippen molar-refractivity contribution in [2.24, 2.45) is 0 Å². The van der Waals surface area contributed by atoms with Gasteiger partial charge in [-0.3, -0.25) is 10.2 Å². The van der Waals surface area contributed by atoms with Crippen LogP contribution >= 0.6 is 0 Å². The van der Waals surface area contributed by atoms with Crippen molar-refractivity contribution in [1.82, 2.24) is 25.1 Å². The van der Waals surface area contributed by atoms with E-state index in [1.807, 2.05) is 26.0 Å². The first-order chi connectivity index (χ1) is 15.6. The Hall–Kier alpha value is -3.01. The number of piperidine rings is 1. The van der Waals surface area contributed by atoms with Crippen LogP contribution < -0.4 is 5.32 Å². The molecular formula is C23H34N6O4. The summed E-state index contributed by atoms with van der Waals surface area (Å²) in [7, 11) is 0. The number of ether oxygens (including phenoxy) is 2. The summed E-state index contributed by atoms with van der Waals surface area (Å²) in [5.74, 6) is -0.0354. The molecule has 1 amide bonds. The first-order valence-corrected chi connectivity index (χ1v) is 11.4. The minimum Gasteiger partial charge on any atom is -0.464 e. The summed E-state index contributed by atoms with van der Waals surface area (Å²) in [5, 5.41) is 15.1. The van der Waals surface area contributed by atoms with Crippen molar-refractivity contribution in [1.29, 1.82) is 0 Å². The van der Waals surface area contributed by atoms with Gasteiger partial charge in [0, 0.05) is 0 Å². The monoisotopic (exact) mass is 458 g/mol. The number of carbonyl (C=O) groups is 2. The van der Waals surface area contributed by atoms with Crippen molar-refractivity contribution < 1.29 is 19.1 Å². The van der Waals surface area contributed by atoms with Gasteiger partial charge >= 0.3 is 12.1 Å². The van der Waals surface area contributed by atoms with E-state index in [0.717, 1.165) is 43.5 Å². The molecule has 1 aliphatic heterocycles. The second-order valence-corrected chi connectivity index (χ2v) is 9.28. The zero-order valence-electron chi connectivity index (χ0n) is 20.3. The van der Waals surface area contributed by atoms with Gasteiger partial charge < -0.3 is 9.47 Å². The van der Waals surface area contributed by atoms with E-state index in [9.17, 15) is 9.59 Å². The summed E-state index contributed by atoms with van der Waals surface area (Å²) in [5.41, 5.74) is 2.37. The fourth-order valence-corrected chi connectivity index (χ4v) is 3.84. The minimum absolute atomic E-state index is 0.264. The van der Waals surface area contributed by atoms with Crippen LogP contribution in [0.25, 0.3) is 5.69 Å². The van der Waals surface area contributed by atoms with Gasteiger partial charge in [0.15, 0.2) is 11.9 Å². The smallest absolute Gasteiger partial charge is 0.412 e. The van der Waals surface area contributed by atoms with E-state index in [-0.39, 0.29) is 12.6 Å². The zero-order valence-corrected chi connectivity index (χ0v) is 20.3. The zero-order chi connectivity index (χ0) is 24.2. The molecule has 1 atom stereocenters. The Morgan fingerprint density at radius 1 is 1.12 bits per heavy atom. The van der Waals surface area contributed by atoms with Crippen LogP contribution in [0.1, 0.15) is 70.0 Å². The molecule has 3 rings (SSSR count). The number of hydrogen-bond donors (Lipinski definition) is 1. The summed E-state index contributed by atoms with van der Waals surface area (Å²) in [6.45, 7) is 12.9. The average Bonchev–Trinajstić information content (AvgIpc) is 3.19. The van der Waals surface area contributed by atoms with E-state index in [2.05, 4.69) is 25.7 Å². The maximum atomic E-state index is 13.0. The molecule has 1 unspecified atom stereocenters. The van der Waals surface area contributed by atoms with E-state index in [1.165, 1.54) is 4.68 Å². The van der Waals surface area contributed by atoms with Crippen LogP contribution in [-0.4, -0.2) is 62.5 Å². The summed E-state index contributed by atoms with van der Waals surface area (Å²) in [4.78, 5) is 27.6. The molecule has 10 heteroatoms. The maximum absolute atomic E-state index is 13.0. The Bertz CT molecular complexity index is 991. The molecule has 33 heavy (non-hydrogen) atoms. The summed E-state index contributed by atoms with van der Waals surface area (Å²) in [6, 6.07) is 3.00. The van der Waals surface area contributed by atoms with Crippen LogP contribution in [0.5, 0.6) is 0 Å². The second-order valence-electron chi connectivity index (χ2n) is 9.28. The van der Waals surface area contributed by atoms with Gasteiger partial charge in [0.05, 0.1) is 18.0 Å². The second kappa shape index (κ2) is 10.3. The quantitative estimate of drug-likeness (QED) is 0.652. The number of nitrogens with zero attached hydrogens (tertiary/aromatic N) is 5. The number of benzene rings is 1. The van der Waals surface area contributed by atoms with Crippen LogP contribution in [0.4, 0.5) is 10.5 Å². The van der Waals surface area contributed by atoms with Crippen molar-refractivity contribution in [3.05, 3.63) is 29.1 Å². The number of nitrogens with one attached hydrogen (secondary N) is 1. The molecule has 10 nitrogen and oxygen atoms in total. The number of hydrogen-bond acceptors (Lipinski definition) is 8. The molecule has 0 aliphatic carbocycles. The first-order valence-electron chi connectivity index (χ1n) is 11.4. The van der Waals surface area contributed by atoms with Crippen LogP contribution in [-0.2, 0) is 14.3 Å². The van der Waals surface area contributed by atoms with Crippen molar-refractivity contribution in [2.45, 2.75) is 72.4 Å². The minimum atomic E-state index is -0.740. The third-order valence-corrected chi connectivity index (χ3v) is 5.48. The highest BCUT2D eigenvalue weighted by atomic mass is 16.6. The molecule has 0 saturated carbocycles. The van der Waals surface area contributed by atoms with Gasteiger partial charge in [0.2, 0.25) is 0 Å². The average molecular weight is 459 g/mol. The third kappa shape index (κ3) is 6.07. The molecule has 180 valence electrons. The number of esters is 1. The number of rotatable bonds is 6. The fourth-order valence-electron chi connectivity index (χ4n) is 3.84. The molecule has 1 saturated heterocycles. The first kappa shape index (κ1) is 24.6. The molecule has 2 heterocycles. The largest absolute Gasteiger partial charge is 0.464 e. The fraction of sp³-hybridized carbons (Fsp3) is 0.609. The Balaban J connectivity index is 2.05. The van der Waals surface area contributed by atoms with Crippen LogP contribution in [0.2, 0.25) is 0 Å². The van der Waals surface area contributed by atoms with Crippen LogP contribution in [0, 0.1) is 13.8 Å². The topological polar surface area (TPSA) is 111 Å². The maximum Gasteiger partial charge on any atom is 0.412 e. The summed E-state index contributed by atoms with van der Waals surface area (Å²) in [6.07, 6.45) is 2.52. The van der Waals surface area contributed by atoms with Crippen molar-refractivity contribution in [3.63, 3.8) is 0 Å². The number of carbonyl (C=O) groups excluding carboxylic acids is 2.